The quantitative estimate of drug-likeness (QED) is 0.307. The summed E-state index contributed by atoms with van der Waals surface area (Å²) in [5.74, 6) is 0.848. The van der Waals surface area contributed by atoms with Crippen LogP contribution in [0.3, 0.4) is 0 Å². The molecule has 0 spiro atoms. The second-order valence-corrected chi connectivity index (χ2v) is 8.76. The molecule has 0 amide bonds. The predicted molar refractivity (Wildman–Crippen MR) is 127 cm³/mol. The van der Waals surface area contributed by atoms with Crippen LogP contribution in [0.2, 0.25) is 0 Å². The zero-order chi connectivity index (χ0) is 20.4. The van der Waals surface area contributed by atoms with E-state index in [0.29, 0.717) is 19.7 Å². The van der Waals surface area contributed by atoms with Crippen LogP contribution in [-0.2, 0) is 6.54 Å². The van der Waals surface area contributed by atoms with Gasteiger partial charge >= 0.3 is 0 Å². The second kappa shape index (κ2) is 8.78. The van der Waals surface area contributed by atoms with Gasteiger partial charge in [-0.3, -0.25) is 0 Å². The number of nitrogens with one attached hydrogen (secondary N) is 1. The topological polar surface area (TPSA) is 46.4 Å². The van der Waals surface area contributed by atoms with Crippen LogP contribution in [0.15, 0.2) is 69.6 Å². The van der Waals surface area contributed by atoms with E-state index in [1.54, 1.807) is 0 Å². The Morgan fingerprint density at radius 3 is 2.07 bits per heavy atom. The summed E-state index contributed by atoms with van der Waals surface area (Å²) in [7, 11) is 0. The summed E-state index contributed by atoms with van der Waals surface area (Å²) in [5, 5.41) is 16.4. The Labute approximate surface area is 186 Å². The summed E-state index contributed by atoms with van der Waals surface area (Å²) in [5.41, 5.74) is 3.19. The first kappa shape index (κ1) is 20.3. The lowest BCUT2D eigenvalue weighted by Gasteiger charge is -2.16. The summed E-state index contributed by atoms with van der Waals surface area (Å²) in [4.78, 5) is 0. The van der Waals surface area contributed by atoms with E-state index in [-0.39, 0.29) is 0 Å². The van der Waals surface area contributed by atoms with E-state index >= 15 is 0 Å². The molecule has 0 aliphatic heterocycles. The van der Waals surface area contributed by atoms with Crippen molar-refractivity contribution in [2.45, 2.75) is 19.6 Å². The van der Waals surface area contributed by atoms with Gasteiger partial charge in [0.05, 0.1) is 19.3 Å². The fourth-order valence-corrected chi connectivity index (χ4v) is 4.31. The molecule has 0 unspecified atom stereocenters. The third-order valence-corrected chi connectivity index (χ3v) is 5.88. The van der Waals surface area contributed by atoms with Gasteiger partial charge in [-0.2, -0.15) is 0 Å². The normalized spacial score (nSPS) is 12.4. The smallest absolute Gasteiger partial charge is 0.119 e. The molecule has 150 valence electrons. The summed E-state index contributed by atoms with van der Waals surface area (Å²) in [6, 6.07) is 20.3. The number of ether oxygens (including phenoxy) is 1. The molecular formula is C23H22Br2N2O2. The van der Waals surface area contributed by atoms with Crippen LogP contribution >= 0.6 is 31.9 Å². The molecule has 29 heavy (non-hydrogen) atoms. The molecule has 6 heteroatoms. The number of hydrogen-bond acceptors (Lipinski definition) is 3. The molecule has 1 heterocycles. The van der Waals surface area contributed by atoms with Crippen molar-refractivity contribution in [3.05, 3.63) is 69.6 Å². The molecule has 0 bridgehead atoms. The van der Waals surface area contributed by atoms with E-state index in [2.05, 4.69) is 66.0 Å². The number of nitrogens with zero attached hydrogens (tertiary/aromatic N) is 1. The van der Waals surface area contributed by atoms with Gasteiger partial charge in [0.1, 0.15) is 5.75 Å². The van der Waals surface area contributed by atoms with Gasteiger partial charge in [0.2, 0.25) is 0 Å². The maximum atomic E-state index is 10.7. The highest BCUT2D eigenvalue weighted by Gasteiger charge is 2.14. The molecule has 4 nitrogen and oxygen atoms in total. The van der Waals surface area contributed by atoms with Crippen LogP contribution in [-0.4, -0.2) is 28.9 Å². The molecule has 4 rings (SSSR count). The minimum atomic E-state index is -0.535. The lowest BCUT2D eigenvalue weighted by atomic mass is 10.2. The van der Waals surface area contributed by atoms with Gasteiger partial charge in [0.15, 0.2) is 0 Å². The summed E-state index contributed by atoms with van der Waals surface area (Å²) < 4.78 is 9.74. The van der Waals surface area contributed by atoms with Crippen LogP contribution in [0.5, 0.6) is 5.75 Å². The van der Waals surface area contributed by atoms with Gasteiger partial charge in [-0.1, -0.05) is 31.9 Å². The molecule has 0 aliphatic rings. The van der Waals surface area contributed by atoms with E-state index in [9.17, 15) is 5.11 Å². The number of halogens is 2. The van der Waals surface area contributed by atoms with Gasteiger partial charge in [0.25, 0.3) is 0 Å². The fraction of sp³-hybridized carbons (Fsp3) is 0.217. The fourth-order valence-electron chi connectivity index (χ4n) is 3.59. The van der Waals surface area contributed by atoms with Gasteiger partial charge in [-0.25, -0.2) is 0 Å². The van der Waals surface area contributed by atoms with E-state index < -0.39 is 6.10 Å². The van der Waals surface area contributed by atoms with Crippen LogP contribution in [0.4, 0.5) is 5.69 Å². The first-order valence-corrected chi connectivity index (χ1v) is 11.2. The Hall–Kier alpha value is -2.02. The second-order valence-electron chi connectivity index (χ2n) is 6.93. The Balaban J connectivity index is 1.55. The summed E-state index contributed by atoms with van der Waals surface area (Å²) in [6.45, 7) is 3.58. The van der Waals surface area contributed by atoms with Crippen molar-refractivity contribution in [2.75, 3.05) is 18.5 Å². The number of hydrogen-bond donors (Lipinski definition) is 2. The molecule has 0 saturated carbocycles. The maximum absolute atomic E-state index is 10.7. The number of benzene rings is 3. The van der Waals surface area contributed by atoms with Gasteiger partial charge in [-0.15, -0.1) is 0 Å². The molecule has 2 N–H and O–H groups in total. The minimum Gasteiger partial charge on any atom is -0.494 e. The van der Waals surface area contributed by atoms with Crippen molar-refractivity contribution in [3.8, 4) is 5.75 Å². The van der Waals surface area contributed by atoms with Gasteiger partial charge in [-0.05, 0) is 67.6 Å². The Kier molecular flexibility index (Phi) is 6.13. The molecule has 0 saturated heterocycles. The number of aliphatic hydroxyl groups is 1. The van der Waals surface area contributed by atoms with E-state index in [4.69, 9.17) is 4.74 Å². The molecule has 1 atom stereocenters. The molecule has 0 aliphatic carbocycles. The largest absolute Gasteiger partial charge is 0.494 e. The maximum Gasteiger partial charge on any atom is 0.119 e. The monoisotopic (exact) mass is 516 g/mol. The third kappa shape index (κ3) is 4.44. The molecule has 3 aromatic carbocycles. The van der Waals surface area contributed by atoms with Gasteiger partial charge < -0.3 is 19.7 Å². The van der Waals surface area contributed by atoms with E-state index in [0.717, 1.165) is 31.4 Å². The molecule has 4 aromatic rings. The van der Waals surface area contributed by atoms with E-state index in [1.165, 1.54) is 10.8 Å². The number of rotatable bonds is 7. The average molecular weight is 518 g/mol. The molecular weight excluding hydrogens is 496 g/mol. The van der Waals surface area contributed by atoms with Crippen LogP contribution in [0.25, 0.3) is 21.8 Å². The van der Waals surface area contributed by atoms with Gasteiger partial charge in [0, 0.05) is 43.0 Å². The molecule has 0 fully saturated rings. The minimum absolute atomic E-state index is 0.461. The van der Waals surface area contributed by atoms with Crippen molar-refractivity contribution in [1.29, 1.82) is 0 Å². The zero-order valence-corrected chi connectivity index (χ0v) is 19.2. The van der Waals surface area contributed by atoms with Crippen molar-refractivity contribution >= 4 is 59.4 Å². The number of aromatic nitrogens is 1. The van der Waals surface area contributed by atoms with Crippen molar-refractivity contribution in [3.63, 3.8) is 0 Å². The zero-order valence-electron chi connectivity index (χ0n) is 16.0. The third-order valence-electron chi connectivity index (χ3n) is 4.89. The molecule has 0 radical (unpaired) electrons. The number of aliphatic hydroxyl groups excluding tert-OH is 1. The standard InChI is InChI=1S/C23H22Br2N2O2/c1-2-29-19-7-5-17(6-8-19)26-13-18(28)14-27-22-9-3-15(24)11-20(22)21-12-16(25)4-10-23(21)27/h3-12,18,26,28H,2,13-14H2,1H3/t18-/m0/s1. The lowest BCUT2D eigenvalue weighted by Crippen LogP contribution is -2.24. The van der Waals surface area contributed by atoms with Crippen LogP contribution in [0, 0.1) is 0 Å². The van der Waals surface area contributed by atoms with Crippen molar-refractivity contribution < 1.29 is 9.84 Å². The van der Waals surface area contributed by atoms with E-state index in [1.807, 2.05) is 43.3 Å². The highest BCUT2D eigenvalue weighted by molar-refractivity contribution is 9.10. The highest BCUT2D eigenvalue weighted by Crippen LogP contribution is 2.33. The number of fused-ring (bicyclic) bond motifs is 3. The number of anilines is 1. The lowest BCUT2D eigenvalue weighted by molar-refractivity contribution is 0.169. The highest BCUT2D eigenvalue weighted by atomic mass is 79.9. The Morgan fingerprint density at radius 2 is 1.52 bits per heavy atom. The van der Waals surface area contributed by atoms with Crippen LogP contribution in [0.1, 0.15) is 6.92 Å². The Bertz CT molecular complexity index is 1080. The average Bonchev–Trinajstić information content (AvgIpc) is 3.00. The first-order chi connectivity index (χ1) is 14.0. The SMILES string of the molecule is CCOc1ccc(NC[C@H](O)Cn2c3ccc(Br)cc3c3cc(Br)ccc32)cc1. The van der Waals surface area contributed by atoms with Crippen molar-refractivity contribution in [2.24, 2.45) is 0 Å². The predicted octanol–water partition coefficient (Wildman–Crippen LogP) is 6.19. The van der Waals surface area contributed by atoms with Crippen LogP contribution < -0.4 is 10.1 Å². The Morgan fingerprint density at radius 1 is 0.931 bits per heavy atom. The molecule has 1 aromatic heterocycles. The summed E-state index contributed by atoms with van der Waals surface area (Å²) >= 11 is 7.15. The first-order valence-electron chi connectivity index (χ1n) is 9.57. The van der Waals surface area contributed by atoms with Crippen molar-refractivity contribution in [1.82, 2.24) is 4.57 Å². The summed E-state index contributed by atoms with van der Waals surface area (Å²) in [6.07, 6.45) is -0.535.